The molecule has 1 fully saturated rings. The Balaban J connectivity index is 1.31. The van der Waals surface area contributed by atoms with Crippen molar-refractivity contribution in [1.29, 1.82) is 0 Å². The van der Waals surface area contributed by atoms with Crippen LogP contribution < -0.4 is 5.32 Å². The molecule has 3 aromatic carbocycles. The van der Waals surface area contributed by atoms with E-state index in [1.54, 1.807) is 4.90 Å². The average Bonchev–Trinajstić information content (AvgIpc) is 2.80. The van der Waals surface area contributed by atoms with Crippen molar-refractivity contribution in [1.82, 2.24) is 4.90 Å². The lowest BCUT2D eigenvalue weighted by molar-refractivity contribution is 0.0105. The van der Waals surface area contributed by atoms with Gasteiger partial charge in [0.2, 0.25) is 0 Å². The van der Waals surface area contributed by atoms with Gasteiger partial charge >= 0.3 is 6.09 Å². The second-order valence-electron chi connectivity index (χ2n) is 11.1. The Morgan fingerprint density at radius 1 is 0.943 bits per heavy atom. The van der Waals surface area contributed by atoms with Gasteiger partial charge < -0.3 is 15.0 Å². The van der Waals surface area contributed by atoms with E-state index in [9.17, 15) is 4.79 Å². The summed E-state index contributed by atoms with van der Waals surface area (Å²) in [6, 6.07) is 27.1. The number of likely N-dealkylation sites (tertiary alicyclic amines) is 1. The number of carbonyl (C=O) groups is 1. The van der Waals surface area contributed by atoms with Crippen molar-refractivity contribution in [2.45, 2.75) is 64.0 Å². The molecule has 0 radical (unpaired) electrons. The van der Waals surface area contributed by atoms with Crippen LogP contribution in [0.1, 0.15) is 66.8 Å². The van der Waals surface area contributed by atoms with E-state index in [0.717, 1.165) is 18.5 Å². The van der Waals surface area contributed by atoms with Gasteiger partial charge in [0, 0.05) is 24.7 Å². The highest BCUT2D eigenvalue weighted by molar-refractivity contribution is 5.69. The molecule has 2 aliphatic rings. The van der Waals surface area contributed by atoms with Gasteiger partial charge in [-0.05, 0) is 80.8 Å². The maximum atomic E-state index is 12.2. The van der Waals surface area contributed by atoms with E-state index in [1.807, 2.05) is 20.8 Å². The molecule has 1 heterocycles. The third-order valence-electron chi connectivity index (χ3n) is 7.16. The molecule has 0 aromatic heterocycles. The Labute approximate surface area is 209 Å². The molecule has 1 N–H and O–H groups in total. The molecule has 0 saturated carbocycles. The van der Waals surface area contributed by atoms with Crippen molar-refractivity contribution in [3.05, 3.63) is 101 Å². The fourth-order valence-corrected chi connectivity index (χ4v) is 5.49. The summed E-state index contributed by atoms with van der Waals surface area (Å²) in [5, 5.41) is 3.58. The Kier molecular flexibility index (Phi) is 6.31. The highest BCUT2D eigenvalue weighted by atomic mass is 16.6. The third-order valence-corrected chi connectivity index (χ3v) is 7.16. The van der Waals surface area contributed by atoms with Gasteiger partial charge in [-0.25, -0.2) is 4.79 Å². The highest BCUT2D eigenvalue weighted by Crippen LogP contribution is 2.46. The van der Waals surface area contributed by atoms with Crippen LogP contribution in [0.5, 0.6) is 0 Å². The van der Waals surface area contributed by atoms with Crippen molar-refractivity contribution < 1.29 is 9.53 Å². The molecule has 4 heteroatoms. The van der Waals surface area contributed by atoms with Crippen LogP contribution in [-0.4, -0.2) is 35.7 Å². The zero-order valence-electron chi connectivity index (χ0n) is 21.3. The zero-order valence-corrected chi connectivity index (χ0v) is 21.3. The van der Waals surface area contributed by atoms with E-state index < -0.39 is 5.60 Å². The first-order valence-electron chi connectivity index (χ1n) is 12.8. The summed E-state index contributed by atoms with van der Waals surface area (Å²) in [6.45, 7) is 9.22. The second kappa shape index (κ2) is 9.41. The maximum absolute atomic E-state index is 12.2. The number of fused-ring (bicyclic) bond motifs is 1. The van der Waals surface area contributed by atoms with Crippen LogP contribution in [0.25, 0.3) is 0 Å². The molecule has 1 aliphatic heterocycles. The lowest BCUT2D eigenvalue weighted by Crippen LogP contribution is -2.57. The molecular weight excluding hydrogens is 432 g/mol. The highest BCUT2D eigenvalue weighted by Gasteiger charge is 2.34. The topological polar surface area (TPSA) is 41.6 Å². The summed E-state index contributed by atoms with van der Waals surface area (Å²) in [4.78, 5) is 14.0. The molecular formula is C31H36N2O2. The lowest BCUT2D eigenvalue weighted by atomic mass is 9.69. The van der Waals surface area contributed by atoms with Crippen LogP contribution in [0.2, 0.25) is 0 Å². The minimum absolute atomic E-state index is 0.232. The number of rotatable bonds is 4. The molecule has 4 nitrogen and oxygen atoms in total. The summed E-state index contributed by atoms with van der Waals surface area (Å²) < 4.78 is 5.46. The number of nitrogens with zero attached hydrogens (tertiary/aromatic N) is 1. The number of aryl methyl sites for hydroxylation is 2. The zero-order chi connectivity index (χ0) is 24.6. The van der Waals surface area contributed by atoms with Gasteiger partial charge in [0.25, 0.3) is 0 Å². The van der Waals surface area contributed by atoms with Crippen molar-refractivity contribution in [3.8, 4) is 0 Å². The molecule has 182 valence electrons. The van der Waals surface area contributed by atoms with E-state index in [4.69, 9.17) is 4.74 Å². The SMILES string of the molecule is Cc1ccc2c(c1)CC[C@@H](c1ccccc1)[C@H]2c1ccc(NC2CN(C(=O)OC(C)(C)C)C2)cc1. The molecule has 35 heavy (non-hydrogen) atoms. The molecule has 0 bridgehead atoms. The van der Waals surface area contributed by atoms with Gasteiger partial charge in [0.1, 0.15) is 5.60 Å². The number of amides is 1. The summed E-state index contributed by atoms with van der Waals surface area (Å²) in [6.07, 6.45) is 2.06. The minimum Gasteiger partial charge on any atom is -0.444 e. The molecule has 3 aromatic rings. The smallest absolute Gasteiger partial charge is 0.410 e. The molecule has 0 spiro atoms. The summed E-state index contributed by atoms with van der Waals surface area (Å²) in [5.41, 5.74) is 7.70. The Morgan fingerprint density at radius 3 is 2.34 bits per heavy atom. The molecule has 1 saturated heterocycles. The lowest BCUT2D eigenvalue weighted by Gasteiger charge is -2.40. The van der Waals surface area contributed by atoms with Crippen LogP contribution in [0, 0.1) is 6.92 Å². The summed E-state index contributed by atoms with van der Waals surface area (Å²) in [7, 11) is 0. The minimum atomic E-state index is -0.459. The Morgan fingerprint density at radius 2 is 1.66 bits per heavy atom. The van der Waals surface area contributed by atoms with Crippen LogP contribution >= 0.6 is 0 Å². The number of hydrogen-bond acceptors (Lipinski definition) is 3. The fourth-order valence-electron chi connectivity index (χ4n) is 5.49. The number of nitrogens with one attached hydrogen (secondary N) is 1. The van der Waals surface area contributed by atoms with Crippen LogP contribution in [-0.2, 0) is 11.2 Å². The first-order chi connectivity index (χ1) is 16.8. The Hall–Kier alpha value is -3.27. The average molecular weight is 469 g/mol. The predicted octanol–water partition coefficient (Wildman–Crippen LogP) is 6.89. The number of hydrogen-bond donors (Lipinski definition) is 1. The number of anilines is 1. The van der Waals surface area contributed by atoms with Crippen molar-refractivity contribution in [2.24, 2.45) is 0 Å². The molecule has 0 unspecified atom stereocenters. The van der Waals surface area contributed by atoms with Gasteiger partial charge in [-0.15, -0.1) is 0 Å². The molecule has 5 rings (SSSR count). The van der Waals surface area contributed by atoms with E-state index in [-0.39, 0.29) is 12.1 Å². The van der Waals surface area contributed by atoms with E-state index >= 15 is 0 Å². The number of ether oxygens (including phenoxy) is 1. The largest absolute Gasteiger partial charge is 0.444 e. The van der Waals surface area contributed by atoms with Crippen molar-refractivity contribution in [3.63, 3.8) is 0 Å². The Bertz CT molecular complexity index is 1170. The molecule has 1 aliphatic carbocycles. The predicted molar refractivity (Wildman–Crippen MR) is 142 cm³/mol. The van der Waals surface area contributed by atoms with Gasteiger partial charge in [-0.2, -0.15) is 0 Å². The first kappa shape index (κ1) is 23.5. The third kappa shape index (κ3) is 5.22. The number of carbonyl (C=O) groups excluding carboxylic acids is 1. The van der Waals surface area contributed by atoms with Gasteiger partial charge in [0.05, 0.1) is 6.04 Å². The standard InChI is InChI=1S/C31H36N2O2/c1-21-10-16-28-24(18-21)13-17-27(22-8-6-5-7-9-22)29(28)23-11-14-25(15-12-23)32-26-19-33(20-26)30(34)35-31(2,3)4/h5-12,14-16,18,26-27,29,32H,13,17,19-20H2,1-4H3/t27-,29+/m0/s1. The normalized spacial score (nSPS) is 20.1. The van der Waals surface area contributed by atoms with Crippen molar-refractivity contribution >= 4 is 11.8 Å². The molecule has 1 amide bonds. The fraction of sp³-hybridized carbons (Fsp3) is 0.387. The van der Waals surface area contributed by atoms with E-state index in [1.165, 1.54) is 27.8 Å². The quantitative estimate of drug-likeness (QED) is 0.453. The number of benzene rings is 3. The maximum Gasteiger partial charge on any atom is 0.410 e. The van der Waals surface area contributed by atoms with Crippen LogP contribution in [0.3, 0.4) is 0 Å². The van der Waals surface area contributed by atoms with Crippen LogP contribution in [0.4, 0.5) is 10.5 Å². The monoisotopic (exact) mass is 468 g/mol. The van der Waals surface area contributed by atoms with E-state index in [0.29, 0.717) is 24.9 Å². The molecule has 2 atom stereocenters. The van der Waals surface area contributed by atoms with Gasteiger partial charge in [-0.1, -0.05) is 66.2 Å². The van der Waals surface area contributed by atoms with Crippen molar-refractivity contribution in [2.75, 3.05) is 18.4 Å². The van der Waals surface area contributed by atoms with Gasteiger partial charge in [0.15, 0.2) is 0 Å². The van der Waals surface area contributed by atoms with Crippen LogP contribution in [0.15, 0.2) is 72.8 Å². The first-order valence-corrected chi connectivity index (χ1v) is 12.8. The van der Waals surface area contributed by atoms with E-state index in [2.05, 4.69) is 85.0 Å². The summed E-state index contributed by atoms with van der Waals surface area (Å²) >= 11 is 0. The van der Waals surface area contributed by atoms with Gasteiger partial charge in [-0.3, -0.25) is 0 Å². The summed E-state index contributed by atoms with van der Waals surface area (Å²) in [5.74, 6) is 0.821. The second-order valence-corrected chi connectivity index (χ2v) is 11.1.